The molecule has 1 spiro atoms. The molecule has 2 bridgehead atoms. The summed E-state index contributed by atoms with van der Waals surface area (Å²) in [6, 6.07) is 5.69. The fourth-order valence-corrected chi connectivity index (χ4v) is 8.59. The predicted molar refractivity (Wildman–Crippen MR) is 118 cm³/mol. The van der Waals surface area contributed by atoms with E-state index in [4.69, 9.17) is 9.47 Å². The van der Waals surface area contributed by atoms with Gasteiger partial charge in [0.05, 0.1) is 18.1 Å². The molecule has 6 aliphatic rings. The van der Waals surface area contributed by atoms with Gasteiger partial charge in [-0.25, -0.2) is 0 Å². The molecule has 1 aromatic rings. The zero-order chi connectivity index (χ0) is 21.7. The summed E-state index contributed by atoms with van der Waals surface area (Å²) in [6.45, 7) is 6.87. The Balaban J connectivity index is 1.11. The number of pyridine rings is 1. The van der Waals surface area contributed by atoms with E-state index in [2.05, 4.69) is 17.9 Å². The van der Waals surface area contributed by atoms with E-state index in [1.54, 1.807) is 6.07 Å². The van der Waals surface area contributed by atoms with Crippen LogP contribution in [-0.2, 0) is 20.8 Å². The van der Waals surface area contributed by atoms with Crippen molar-refractivity contribution in [3.8, 4) is 0 Å². The Morgan fingerprint density at radius 2 is 2.00 bits per heavy atom. The molecule has 2 aliphatic carbocycles. The Labute approximate surface area is 189 Å². The maximum atomic E-state index is 13.1. The number of aromatic nitrogens is 1. The molecule has 0 radical (unpaired) electrons. The molecule has 3 saturated heterocycles. The maximum absolute atomic E-state index is 13.1. The minimum atomic E-state index is -0.0148. The molecule has 0 unspecified atom stereocenters. The molecular weight excluding hydrogens is 404 g/mol. The van der Waals surface area contributed by atoms with Crippen LogP contribution in [0.4, 0.5) is 0 Å². The van der Waals surface area contributed by atoms with Gasteiger partial charge in [-0.1, -0.05) is 13.0 Å². The third-order valence-electron chi connectivity index (χ3n) is 10.1. The van der Waals surface area contributed by atoms with E-state index in [-0.39, 0.29) is 34.6 Å². The summed E-state index contributed by atoms with van der Waals surface area (Å²) in [5.74, 6) is 1.80. The lowest BCUT2D eigenvalue weighted by atomic mass is 9.53. The first kappa shape index (κ1) is 19.8. The number of esters is 1. The number of hydrogen-bond donors (Lipinski definition) is 0. The molecule has 6 heteroatoms. The highest BCUT2D eigenvalue weighted by atomic mass is 16.6. The average Bonchev–Trinajstić information content (AvgIpc) is 3.46. The van der Waals surface area contributed by atoms with Crippen molar-refractivity contribution >= 4 is 5.97 Å². The van der Waals surface area contributed by atoms with E-state index in [1.807, 2.05) is 10.6 Å². The molecule has 0 N–H and O–H groups in total. The van der Waals surface area contributed by atoms with Gasteiger partial charge in [0.2, 0.25) is 0 Å². The van der Waals surface area contributed by atoms with Crippen LogP contribution in [0.1, 0.15) is 57.1 Å². The van der Waals surface area contributed by atoms with Gasteiger partial charge in [0.25, 0.3) is 5.56 Å². The van der Waals surface area contributed by atoms with E-state index >= 15 is 0 Å². The third kappa shape index (κ3) is 2.84. The van der Waals surface area contributed by atoms with Crippen LogP contribution in [0.15, 0.2) is 23.0 Å². The van der Waals surface area contributed by atoms with Crippen LogP contribution in [0.25, 0.3) is 0 Å². The molecule has 2 saturated carbocycles. The summed E-state index contributed by atoms with van der Waals surface area (Å²) in [5, 5.41) is 0. The van der Waals surface area contributed by atoms with Crippen LogP contribution in [-0.4, -0.2) is 53.4 Å². The fourth-order valence-electron chi connectivity index (χ4n) is 8.59. The van der Waals surface area contributed by atoms with Crippen LogP contribution < -0.4 is 5.56 Å². The quantitative estimate of drug-likeness (QED) is 0.525. The molecule has 1 aromatic heterocycles. The van der Waals surface area contributed by atoms with Gasteiger partial charge in [-0.05, 0) is 61.8 Å². The number of carbonyl (C=O) groups is 1. The number of nitrogens with zero attached hydrogens (tertiary/aromatic N) is 2. The Kier molecular flexibility index (Phi) is 4.14. The first-order valence-corrected chi connectivity index (χ1v) is 12.7. The van der Waals surface area contributed by atoms with Gasteiger partial charge in [-0.2, -0.15) is 0 Å². The summed E-state index contributed by atoms with van der Waals surface area (Å²) in [5.41, 5.74) is 1.66. The second-order valence-corrected chi connectivity index (χ2v) is 12.0. The predicted octanol–water partition coefficient (Wildman–Crippen LogP) is 2.79. The summed E-state index contributed by atoms with van der Waals surface area (Å²) < 4.78 is 14.1. The Bertz CT molecular complexity index is 1020. The highest BCUT2D eigenvalue weighted by Crippen LogP contribution is 2.62. The van der Waals surface area contributed by atoms with Crippen LogP contribution in [0.2, 0.25) is 0 Å². The number of fused-ring (bicyclic) bond motifs is 7. The van der Waals surface area contributed by atoms with Crippen molar-refractivity contribution in [1.29, 1.82) is 0 Å². The van der Waals surface area contributed by atoms with Gasteiger partial charge in [0, 0.05) is 49.8 Å². The topological polar surface area (TPSA) is 64.1 Å². The molecule has 5 fully saturated rings. The molecule has 5 heterocycles. The van der Waals surface area contributed by atoms with Crippen molar-refractivity contribution in [1.82, 2.24) is 9.47 Å². The van der Waals surface area contributed by atoms with Gasteiger partial charge in [0.1, 0.15) is 6.10 Å². The molecule has 0 amide bonds. The van der Waals surface area contributed by atoms with Gasteiger partial charge >= 0.3 is 5.97 Å². The van der Waals surface area contributed by atoms with E-state index in [0.29, 0.717) is 23.7 Å². The van der Waals surface area contributed by atoms with E-state index in [0.717, 1.165) is 52.0 Å². The zero-order valence-electron chi connectivity index (χ0n) is 19.0. The minimum absolute atomic E-state index is 0.0148. The number of likely N-dealkylation sites (tertiary alicyclic amines) is 1. The monoisotopic (exact) mass is 438 g/mol. The van der Waals surface area contributed by atoms with Crippen LogP contribution in [0, 0.1) is 29.1 Å². The molecule has 32 heavy (non-hydrogen) atoms. The van der Waals surface area contributed by atoms with Crippen molar-refractivity contribution in [2.75, 3.05) is 26.2 Å². The van der Waals surface area contributed by atoms with Crippen LogP contribution in [0.3, 0.4) is 0 Å². The molecule has 4 aliphatic heterocycles. The standard InChI is InChI=1S/C26H34N2O4/c1-25-6-3-7-26(15-31-26)22(25)9-18-19(24(30)32-21(18)10-25)14-27-11-16-8-17(13-27)20-4-2-5-23(29)28(20)12-16/h2,4-5,16-19,21-22H,3,6-15H2,1H3/t16-,17+,18+,19+,21+,22+,25+,26-/m0/s1. The molecule has 0 aromatic carbocycles. The van der Waals surface area contributed by atoms with Crippen LogP contribution >= 0.6 is 0 Å². The average molecular weight is 439 g/mol. The van der Waals surface area contributed by atoms with Gasteiger partial charge in [-0.3, -0.25) is 9.59 Å². The van der Waals surface area contributed by atoms with E-state index in [9.17, 15) is 9.59 Å². The highest BCUT2D eigenvalue weighted by Gasteiger charge is 2.65. The number of rotatable bonds is 2. The lowest BCUT2D eigenvalue weighted by Gasteiger charge is -2.52. The number of piperidine rings is 1. The second kappa shape index (κ2) is 6.69. The summed E-state index contributed by atoms with van der Waals surface area (Å²) in [7, 11) is 0. The number of hydrogen-bond acceptors (Lipinski definition) is 5. The highest BCUT2D eigenvalue weighted by molar-refractivity contribution is 5.75. The largest absolute Gasteiger partial charge is 0.462 e. The van der Waals surface area contributed by atoms with Crippen molar-refractivity contribution in [2.45, 2.75) is 69.6 Å². The molecule has 172 valence electrons. The summed E-state index contributed by atoms with van der Waals surface area (Å²) in [4.78, 5) is 27.9. The number of epoxide rings is 1. The SMILES string of the molecule is C[C@]12CCC[C@]3(CO3)[C@@H]1C[C@H]1[C@@H](C2)OC(=O)[C@@H]1CN1C[C@@H]2C[C@H](C1)c1cccc(=O)n1C2. The molecular formula is C26H34N2O4. The van der Waals surface area contributed by atoms with Crippen molar-refractivity contribution in [2.24, 2.45) is 29.1 Å². The first-order chi connectivity index (χ1) is 15.4. The number of carbonyl (C=O) groups excluding carboxylic acids is 1. The smallest absolute Gasteiger partial charge is 0.310 e. The number of ether oxygens (including phenoxy) is 2. The first-order valence-electron chi connectivity index (χ1n) is 12.7. The van der Waals surface area contributed by atoms with Gasteiger partial charge in [-0.15, -0.1) is 0 Å². The zero-order valence-corrected chi connectivity index (χ0v) is 19.0. The Morgan fingerprint density at radius 1 is 1.12 bits per heavy atom. The second-order valence-electron chi connectivity index (χ2n) is 12.0. The summed E-state index contributed by atoms with van der Waals surface area (Å²) in [6.07, 6.45) is 7.00. The fraction of sp³-hybridized carbons (Fsp3) is 0.769. The lowest BCUT2D eigenvalue weighted by molar-refractivity contribution is -0.147. The summed E-state index contributed by atoms with van der Waals surface area (Å²) >= 11 is 0. The van der Waals surface area contributed by atoms with Crippen molar-refractivity contribution in [3.05, 3.63) is 34.2 Å². The van der Waals surface area contributed by atoms with E-state index in [1.165, 1.54) is 25.0 Å². The third-order valence-corrected chi connectivity index (χ3v) is 10.1. The lowest BCUT2D eigenvalue weighted by Crippen LogP contribution is -2.52. The van der Waals surface area contributed by atoms with E-state index < -0.39 is 0 Å². The Morgan fingerprint density at radius 3 is 2.84 bits per heavy atom. The molecule has 8 atom stereocenters. The van der Waals surface area contributed by atoms with Crippen molar-refractivity contribution in [3.63, 3.8) is 0 Å². The maximum Gasteiger partial charge on any atom is 0.310 e. The van der Waals surface area contributed by atoms with Crippen LogP contribution in [0.5, 0.6) is 0 Å². The normalized spacial score (nSPS) is 46.8. The van der Waals surface area contributed by atoms with Crippen molar-refractivity contribution < 1.29 is 14.3 Å². The van der Waals surface area contributed by atoms with Gasteiger partial charge < -0.3 is 18.9 Å². The minimum Gasteiger partial charge on any atom is -0.462 e. The molecule has 7 rings (SSSR count). The Hall–Kier alpha value is -1.66. The van der Waals surface area contributed by atoms with Gasteiger partial charge in [0.15, 0.2) is 0 Å². The molecule has 6 nitrogen and oxygen atoms in total.